The Kier molecular flexibility index (Phi) is 9.52. The molecule has 3 unspecified atom stereocenters. The van der Waals surface area contributed by atoms with Crippen LogP contribution in [0.15, 0.2) is 29.3 Å². The van der Waals surface area contributed by atoms with Gasteiger partial charge >= 0.3 is 0 Å². The van der Waals surface area contributed by atoms with E-state index >= 15 is 0 Å². The van der Waals surface area contributed by atoms with Crippen molar-refractivity contribution in [2.75, 3.05) is 26.9 Å². The van der Waals surface area contributed by atoms with Gasteiger partial charge in [-0.2, -0.15) is 11.8 Å². The Hall–Kier alpha value is -0.180. The first-order chi connectivity index (χ1) is 12.6. The molecule has 2 aliphatic heterocycles. The summed E-state index contributed by atoms with van der Waals surface area (Å²) in [5.41, 5.74) is 1.25. The average Bonchev–Trinajstić information content (AvgIpc) is 2.62. The molecule has 2 aliphatic rings. The van der Waals surface area contributed by atoms with Crippen LogP contribution in [0.4, 0.5) is 0 Å². The molecule has 1 aromatic carbocycles. The fourth-order valence-corrected chi connectivity index (χ4v) is 5.22. The van der Waals surface area contributed by atoms with Gasteiger partial charge in [0.2, 0.25) is 0 Å². The molecule has 0 spiro atoms. The van der Waals surface area contributed by atoms with E-state index in [2.05, 4.69) is 46.0 Å². The zero-order valence-corrected chi connectivity index (χ0v) is 20.4. The molecule has 0 radical (unpaired) electrons. The van der Waals surface area contributed by atoms with E-state index in [-0.39, 0.29) is 24.0 Å². The van der Waals surface area contributed by atoms with Gasteiger partial charge in [0.05, 0.1) is 0 Å². The Bertz CT molecular complexity index is 616. The van der Waals surface area contributed by atoms with E-state index < -0.39 is 0 Å². The van der Waals surface area contributed by atoms with E-state index in [1.807, 2.05) is 30.9 Å². The molecule has 2 N–H and O–H groups in total. The lowest BCUT2D eigenvalue weighted by molar-refractivity contribution is 0.0526. The first kappa shape index (κ1) is 23.1. The SMILES string of the molecule is CN=C(NCC(SC)c1cccc(Cl)c1)NC1CC2CCCC(C1)N2C.I. The number of piperidine rings is 2. The first-order valence-electron chi connectivity index (χ1n) is 9.58. The average molecular weight is 523 g/mol. The summed E-state index contributed by atoms with van der Waals surface area (Å²) in [6.07, 6.45) is 8.62. The maximum Gasteiger partial charge on any atom is 0.191 e. The highest BCUT2D eigenvalue weighted by Gasteiger charge is 2.36. The van der Waals surface area contributed by atoms with Gasteiger partial charge in [-0.3, -0.25) is 4.99 Å². The standard InChI is InChI=1S/C20H31ClN4S.HI/c1-22-20(23-13-19(26-3)14-6-4-7-15(21)10-14)24-16-11-17-8-5-9-18(12-16)25(17)2;/h4,6-7,10,16-19H,5,8-9,11-13H2,1-3H3,(H2,22,23,24);1H. The number of fused-ring (bicyclic) bond motifs is 2. The second-order valence-electron chi connectivity index (χ2n) is 7.45. The highest BCUT2D eigenvalue weighted by atomic mass is 127. The minimum atomic E-state index is 0. The predicted molar refractivity (Wildman–Crippen MR) is 130 cm³/mol. The molecule has 0 aromatic heterocycles. The molecule has 152 valence electrons. The van der Waals surface area contributed by atoms with Crippen molar-refractivity contribution in [2.45, 2.75) is 55.5 Å². The summed E-state index contributed by atoms with van der Waals surface area (Å²) in [5.74, 6) is 0.915. The molecule has 3 atom stereocenters. The van der Waals surface area contributed by atoms with Crippen molar-refractivity contribution in [1.29, 1.82) is 0 Å². The second kappa shape index (κ2) is 11.1. The highest BCUT2D eigenvalue weighted by Crippen LogP contribution is 2.32. The molecule has 3 rings (SSSR count). The molecular formula is C20H32ClIN4S. The first-order valence-corrected chi connectivity index (χ1v) is 11.2. The maximum absolute atomic E-state index is 6.15. The Balaban J connectivity index is 0.00000261. The van der Waals surface area contributed by atoms with Gasteiger partial charge in [0.1, 0.15) is 0 Å². The van der Waals surface area contributed by atoms with Gasteiger partial charge in [0.15, 0.2) is 5.96 Å². The van der Waals surface area contributed by atoms with Gasteiger partial charge in [-0.15, -0.1) is 24.0 Å². The third kappa shape index (κ3) is 6.15. The Morgan fingerprint density at radius 2 is 2.04 bits per heavy atom. The van der Waals surface area contributed by atoms with E-state index in [9.17, 15) is 0 Å². The number of nitrogens with zero attached hydrogens (tertiary/aromatic N) is 2. The van der Waals surface area contributed by atoms with Crippen molar-refractivity contribution in [2.24, 2.45) is 4.99 Å². The van der Waals surface area contributed by atoms with Crippen molar-refractivity contribution in [3.63, 3.8) is 0 Å². The van der Waals surface area contributed by atoms with E-state index in [1.165, 1.54) is 37.7 Å². The van der Waals surface area contributed by atoms with Crippen LogP contribution >= 0.6 is 47.3 Å². The monoisotopic (exact) mass is 522 g/mol. The van der Waals surface area contributed by atoms with Gasteiger partial charge in [-0.25, -0.2) is 0 Å². The van der Waals surface area contributed by atoms with Crippen molar-refractivity contribution < 1.29 is 0 Å². The summed E-state index contributed by atoms with van der Waals surface area (Å²) in [7, 11) is 4.16. The number of halogens is 2. The molecule has 4 nitrogen and oxygen atoms in total. The third-order valence-electron chi connectivity index (χ3n) is 5.86. The number of thioether (sulfide) groups is 1. The van der Waals surface area contributed by atoms with Crippen LogP contribution in [0.3, 0.4) is 0 Å². The number of benzene rings is 1. The minimum Gasteiger partial charge on any atom is -0.355 e. The lowest BCUT2D eigenvalue weighted by Crippen LogP contribution is -2.56. The predicted octanol–water partition coefficient (Wildman–Crippen LogP) is 4.54. The summed E-state index contributed by atoms with van der Waals surface area (Å²) in [6.45, 7) is 0.834. The second-order valence-corrected chi connectivity index (χ2v) is 8.93. The molecule has 1 aromatic rings. The molecule has 0 aliphatic carbocycles. The summed E-state index contributed by atoms with van der Waals surface area (Å²) in [4.78, 5) is 7.06. The topological polar surface area (TPSA) is 39.7 Å². The van der Waals surface area contributed by atoms with E-state index in [1.54, 1.807) is 0 Å². The highest BCUT2D eigenvalue weighted by molar-refractivity contribution is 14.0. The fourth-order valence-electron chi connectivity index (χ4n) is 4.36. The zero-order valence-electron chi connectivity index (χ0n) is 16.5. The number of guanidine groups is 1. The molecule has 27 heavy (non-hydrogen) atoms. The Morgan fingerprint density at radius 3 is 2.63 bits per heavy atom. The smallest absolute Gasteiger partial charge is 0.191 e. The van der Waals surface area contributed by atoms with Gasteiger partial charge in [0.25, 0.3) is 0 Å². The van der Waals surface area contributed by atoms with Gasteiger partial charge < -0.3 is 15.5 Å². The van der Waals surface area contributed by atoms with Crippen LogP contribution in [-0.2, 0) is 0 Å². The Labute approximate surface area is 190 Å². The van der Waals surface area contributed by atoms with Crippen LogP contribution in [0.1, 0.15) is 42.9 Å². The minimum absolute atomic E-state index is 0. The molecular weight excluding hydrogens is 491 g/mol. The van der Waals surface area contributed by atoms with Crippen LogP contribution in [0, 0.1) is 0 Å². The quantitative estimate of drug-likeness (QED) is 0.338. The fraction of sp³-hybridized carbons (Fsp3) is 0.650. The summed E-state index contributed by atoms with van der Waals surface area (Å²) < 4.78 is 0. The largest absolute Gasteiger partial charge is 0.355 e. The normalized spacial score (nSPS) is 26.8. The van der Waals surface area contributed by atoms with Crippen molar-refractivity contribution in [1.82, 2.24) is 15.5 Å². The number of aliphatic imine (C=N–C) groups is 1. The van der Waals surface area contributed by atoms with Crippen LogP contribution < -0.4 is 10.6 Å². The van der Waals surface area contributed by atoms with Gasteiger partial charge in [-0.1, -0.05) is 30.2 Å². The van der Waals surface area contributed by atoms with E-state index in [4.69, 9.17) is 11.6 Å². The Morgan fingerprint density at radius 1 is 1.33 bits per heavy atom. The molecule has 2 fully saturated rings. The van der Waals surface area contributed by atoms with Crippen molar-refractivity contribution in [3.05, 3.63) is 34.9 Å². The molecule has 2 bridgehead atoms. The summed E-state index contributed by atoms with van der Waals surface area (Å²) in [5, 5.41) is 8.34. The van der Waals surface area contributed by atoms with Crippen LogP contribution in [0.25, 0.3) is 0 Å². The lowest BCUT2D eigenvalue weighted by Gasteiger charge is -2.47. The number of hydrogen-bond acceptors (Lipinski definition) is 3. The molecule has 0 amide bonds. The van der Waals surface area contributed by atoms with Crippen molar-refractivity contribution >= 4 is 53.3 Å². The molecule has 7 heteroatoms. The molecule has 2 saturated heterocycles. The molecule has 0 saturated carbocycles. The summed E-state index contributed by atoms with van der Waals surface area (Å²) in [6, 6.07) is 10.1. The van der Waals surface area contributed by atoms with E-state index in [0.29, 0.717) is 11.3 Å². The van der Waals surface area contributed by atoms with Crippen molar-refractivity contribution in [3.8, 4) is 0 Å². The zero-order chi connectivity index (χ0) is 18.5. The van der Waals surface area contributed by atoms with Crippen LogP contribution in [-0.4, -0.2) is 55.9 Å². The maximum atomic E-state index is 6.15. The number of nitrogens with one attached hydrogen (secondary N) is 2. The third-order valence-corrected chi connectivity index (χ3v) is 7.11. The lowest BCUT2D eigenvalue weighted by atomic mass is 9.82. The van der Waals surface area contributed by atoms with Gasteiger partial charge in [-0.05, 0) is 56.7 Å². The summed E-state index contributed by atoms with van der Waals surface area (Å²) >= 11 is 7.99. The van der Waals surface area contributed by atoms with Crippen LogP contribution in [0.5, 0.6) is 0 Å². The molecule has 2 heterocycles. The van der Waals surface area contributed by atoms with Gasteiger partial charge in [0, 0.05) is 42.0 Å². The van der Waals surface area contributed by atoms with E-state index in [0.717, 1.165) is 29.6 Å². The number of hydrogen-bond donors (Lipinski definition) is 2. The number of rotatable bonds is 5. The van der Waals surface area contributed by atoms with Crippen LogP contribution in [0.2, 0.25) is 5.02 Å².